The molecule has 0 aliphatic rings. The van der Waals surface area contributed by atoms with Crippen molar-refractivity contribution in [2.45, 2.75) is 38.1 Å². The number of rotatable bonds is 10. The van der Waals surface area contributed by atoms with Crippen LogP contribution in [-0.4, -0.2) is 51.5 Å². The first-order valence-electron chi connectivity index (χ1n) is 7.27. The second kappa shape index (κ2) is 12.6. The van der Waals surface area contributed by atoms with Gasteiger partial charge in [-0.05, 0) is 38.0 Å². The number of allylic oxidation sites excluding steroid dienone is 5. The molecule has 0 rings (SSSR count). The Morgan fingerprint density at radius 3 is 2.57 bits per heavy atom. The smallest absolute Gasteiger partial charge is 0.332 e. The number of aliphatic hydroxyl groups excluding tert-OH is 1. The van der Waals surface area contributed by atoms with Gasteiger partial charge in [-0.25, -0.2) is 4.79 Å². The fourth-order valence-electron chi connectivity index (χ4n) is 1.30. The Morgan fingerprint density at radius 1 is 1.22 bits per heavy atom. The Kier molecular flexibility index (Phi) is 11.6. The molecule has 0 saturated heterocycles. The van der Waals surface area contributed by atoms with Crippen molar-refractivity contribution in [3.63, 3.8) is 0 Å². The van der Waals surface area contributed by atoms with Crippen LogP contribution in [-0.2, 0) is 9.53 Å². The summed E-state index contributed by atoms with van der Waals surface area (Å²) in [5.74, 6) is 2.27. The summed E-state index contributed by atoms with van der Waals surface area (Å²) in [6.45, 7) is 1.97. The number of ether oxygens (including phenoxy) is 1. The zero-order valence-corrected chi connectivity index (χ0v) is 13.2. The maximum Gasteiger partial charge on any atom is 0.332 e. The molecule has 0 bridgehead atoms. The molecule has 6 nitrogen and oxygen atoms in total. The first-order valence-corrected chi connectivity index (χ1v) is 7.27. The molecule has 0 aromatic heterocycles. The summed E-state index contributed by atoms with van der Waals surface area (Å²) in [6, 6.07) is 0. The Bertz CT molecular complexity index is 474. The summed E-state index contributed by atoms with van der Waals surface area (Å²) in [5.41, 5.74) is 0. The van der Waals surface area contributed by atoms with Gasteiger partial charge in [-0.15, -0.1) is 0 Å². The zero-order valence-electron chi connectivity index (χ0n) is 13.2. The lowest BCUT2D eigenvalue weighted by atomic mass is 10.2. The van der Waals surface area contributed by atoms with Crippen LogP contribution >= 0.6 is 0 Å². The van der Waals surface area contributed by atoms with Crippen molar-refractivity contribution in [1.82, 2.24) is 0 Å². The Morgan fingerprint density at radius 2 is 1.91 bits per heavy atom. The van der Waals surface area contributed by atoms with Crippen molar-refractivity contribution >= 4 is 5.97 Å². The summed E-state index contributed by atoms with van der Waals surface area (Å²) < 4.78 is 5.21. The molecule has 0 radical (unpaired) electrons. The number of aliphatic carboxylic acids is 1. The lowest BCUT2D eigenvalue weighted by Gasteiger charge is -2.06. The third-order valence-electron chi connectivity index (χ3n) is 2.47. The zero-order chi connectivity index (χ0) is 17.6. The summed E-state index contributed by atoms with van der Waals surface area (Å²) in [5, 5.41) is 35.4. The fourth-order valence-corrected chi connectivity index (χ4v) is 1.30. The number of carboxylic acids is 1. The summed E-state index contributed by atoms with van der Waals surface area (Å²) in [4.78, 5) is 10.3. The van der Waals surface area contributed by atoms with E-state index in [1.165, 1.54) is 19.1 Å². The van der Waals surface area contributed by atoms with Crippen LogP contribution < -0.4 is 0 Å². The Labute approximate surface area is 136 Å². The molecule has 0 aliphatic carbocycles. The van der Waals surface area contributed by atoms with E-state index in [4.69, 9.17) is 25.2 Å². The molecule has 128 valence electrons. The van der Waals surface area contributed by atoms with Crippen LogP contribution in [0.25, 0.3) is 0 Å². The highest BCUT2D eigenvalue weighted by molar-refractivity contribution is 5.71. The van der Waals surface area contributed by atoms with E-state index in [0.29, 0.717) is 6.61 Å². The topological polar surface area (TPSA) is 107 Å². The molecule has 6 heteroatoms. The Hall–Kier alpha value is -1.91. The van der Waals surface area contributed by atoms with Gasteiger partial charge in [-0.3, -0.25) is 0 Å². The van der Waals surface area contributed by atoms with E-state index in [-0.39, 0.29) is 13.0 Å². The second-order valence-electron chi connectivity index (χ2n) is 4.90. The molecule has 0 fully saturated rings. The van der Waals surface area contributed by atoms with Crippen molar-refractivity contribution in [2.24, 2.45) is 0 Å². The van der Waals surface area contributed by atoms with Crippen molar-refractivity contribution < 1.29 is 30.0 Å². The van der Waals surface area contributed by atoms with Gasteiger partial charge in [-0.1, -0.05) is 30.1 Å². The third kappa shape index (κ3) is 16.3. The van der Waals surface area contributed by atoms with Gasteiger partial charge in [0.2, 0.25) is 0 Å². The average molecular weight is 324 g/mol. The van der Waals surface area contributed by atoms with Crippen molar-refractivity contribution in [3.05, 3.63) is 36.5 Å². The van der Waals surface area contributed by atoms with E-state index < -0.39 is 17.9 Å². The van der Waals surface area contributed by atoms with Crippen LogP contribution in [0.2, 0.25) is 0 Å². The van der Waals surface area contributed by atoms with Gasteiger partial charge < -0.3 is 25.2 Å². The number of aliphatic hydroxyl groups is 3. The molecule has 0 spiro atoms. The predicted octanol–water partition coefficient (Wildman–Crippen LogP) is 0.992. The van der Waals surface area contributed by atoms with E-state index in [1.807, 2.05) is 12.2 Å². The lowest BCUT2D eigenvalue weighted by molar-refractivity contribution is -0.147. The molecule has 0 aliphatic heterocycles. The minimum atomic E-state index is -1.84. The largest absolute Gasteiger partial charge is 0.479 e. The molecule has 0 saturated carbocycles. The number of hydrogen-bond donors (Lipinski definition) is 4. The minimum Gasteiger partial charge on any atom is -0.479 e. The third-order valence-corrected chi connectivity index (χ3v) is 2.47. The maximum atomic E-state index is 10.3. The van der Waals surface area contributed by atoms with E-state index in [2.05, 4.69) is 11.8 Å². The minimum absolute atomic E-state index is 0.0900. The quantitative estimate of drug-likeness (QED) is 0.207. The van der Waals surface area contributed by atoms with Gasteiger partial charge in [-0.2, -0.15) is 0 Å². The van der Waals surface area contributed by atoms with Crippen molar-refractivity contribution in [3.8, 4) is 11.8 Å². The summed E-state index contributed by atoms with van der Waals surface area (Å²) in [6.07, 6.45) is 10.1. The fraction of sp³-hybridized carbons (Fsp3) is 0.471. The van der Waals surface area contributed by atoms with Crippen LogP contribution in [0, 0.1) is 11.8 Å². The van der Waals surface area contributed by atoms with Gasteiger partial charge in [0, 0.05) is 19.6 Å². The predicted molar refractivity (Wildman–Crippen MR) is 86.4 cm³/mol. The van der Waals surface area contributed by atoms with Crippen LogP contribution in [0.3, 0.4) is 0 Å². The molecule has 0 heterocycles. The van der Waals surface area contributed by atoms with Crippen LogP contribution in [0.4, 0.5) is 0 Å². The second-order valence-corrected chi connectivity index (χ2v) is 4.90. The number of carbonyl (C=O) groups is 1. The van der Waals surface area contributed by atoms with Crippen LogP contribution in [0.1, 0.15) is 26.2 Å². The summed E-state index contributed by atoms with van der Waals surface area (Å²) in [7, 11) is 0. The average Bonchev–Trinajstić information content (AvgIpc) is 2.46. The van der Waals surface area contributed by atoms with Gasteiger partial charge in [0.15, 0.2) is 11.9 Å². The molecular weight excluding hydrogens is 300 g/mol. The number of hydrogen-bond acceptors (Lipinski definition) is 5. The van der Waals surface area contributed by atoms with Gasteiger partial charge in [0.1, 0.15) is 0 Å². The van der Waals surface area contributed by atoms with Gasteiger partial charge in [0.05, 0.1) is 0 Å². The normalized spacial score (nSPS) is 13.6. The number of carboxylic acid groups (broad SMARTS) is 1. The Balaban J connectivity index is 3.62. The molecule has 1 unspecified atom stereocenters. The lowest BCUT2D eigenvalue weighted by Crippen LogP contribution is -2.21. The van der Waals surface area contributed by atoms with Crippen LogP contribution in [0.5, 0.6) is 0 Å². The van der Waals surface area contributed by atoms with Gasteiger partial charge in [0.25, 0.3) is 0 Å². The standard InChI is InChI=1S/C17H24O6/c1-17(21,22)12-9-7-5-3-2-4-6-8-10-13-23-14-11-15(18)16(19)20/h2-4,6,9,12,15,18,21-22H,8,10-11,13-14H2,1H3,(H,19,20)/b3-2+,6-4+,12-9+. The molecule has 0 aromatic rings. The highest BCUT2D eigenvalue weighted by Crippen LogP contribution is 1.97. The molecule has 0 amide bonds. The molecule has 4 N–H and O–H groups in total. The first-order chi connectivity index (χ1) is 10.8. The van der Waals surface area contributed by atoms with Crippen molar-refractivity contribution in [1.29, 1.82) is 0 Å². The SMILES string of the molecule is CC(O)(O)/C=C/C#C/C=C/C=C/CCCOCCC(O)C(=O)O. The number of unbranched alkanes of at least 4 members (excludes halogenated alkanes) is 1. The van der Waals surface area contributed by atoms with E-state index >= 15 is 0 Å². The molecular formula is C17H24O6. The molecule has 23 heavy (non-hydrogen) atoms. The maximum absolute atomic E-state index is 10.3. The molecule has 1 atom stereocenters. The van der Waals surface area contributed by atoms with Crippen molar-refractivity contribution in [2.75, 3.05) is 13.2 Å². The van der Waals surface area contributed by atoms with Crippen LogP contribution in [0.15, 0.2) is 36.5 Å². The first kappa shape index (κ1) is 21.1. The highest BCUT2D eigenvalue weighted by atomic mass is 16.5. The van der Waals surface area contributed by atoms with E-state index in [0.717, 1.165) is 12.8 Å². The summed E-state index contributed by atoms with van der Waals surface area (Å²) >= 11 is 0. The highest BCUT2D eigenvalue weighted by Gasteiger charge is 2.11. The monoisotopic (exact) mass is 324 g/mol. The van der Waals surface area contributed by atoms with Gasteiger partial charge >= 0.3 is 5.97 Å². The molecule has 0 aromatic carbocycles. The van der Waals surface area contributed by atoms with E-state index in [1.54, 1.807) is 12.2 Å². The van der Waals surface area contributed by atoms with E-state index in [9.17, 15) is 4.79 Å².